The summed E-state index contributed by atoms with van der Waals surface area (Å²) in [6.45, 7) is -0.598. The van der Waals surface area contributed by atoms with Gasteiger partial charge in [0.05, 0.1) is 21.6 Å². The van der Waals surface area contributed by atoms with Gasteiger partial charge >= 0.3 is 5.97 Å². The first-order valence-electron chi connectivity index (χ1n) is 8.61. The number of fused-ring (bicyclic) bond motifs is 1. The zero-order valence-corrected chi connectivity index (χ0v) is 16.8. The Kier molecular flexibility index (Phi) is 5.67. The minimum atomic E-state index is -3.63. The molecule has 1 aliphatic rings. The van der Waals surface area contributed by atoms with E-state index in [9.17, 15) is 27.6 Å². The fourth-order valence-corrected chi connectivity index (χ4v) is 3.47. The van der Waals surface area contributed by atoms with E-state index in [1.54, 1.807) is 0 Å². The van der Waals surface area contributed by atoms with Gasteiger partial charge in [0.2, 0.25) is 10.0 Å². The number of nitrogens with one attached hydrogen (secondary N) is 2. The molecule has 156 valence electrons. The van der Waals surface area contributed by atoms with Crippen molar-refractivity contribution in [3.63, 3.8) is 0 Å². The molecule has 3 amide bonds. The third kappa shape index (κ3) is 4.07. The standard InChI is InChI=1S/C19H17N3O7S/c1-20-30(27,28)13-6-3-11(4-7-13)19(26)29-10-16(23)21-12-5-8-14-15(9-12)18(25)22(2)17(14)24/h3-9,20H,10H2,1-2H3,(H,21,23). The van der Waals surface area contributed by atoms with E-state index in [2.05, 4.69) is 10.0 Å². The summed E-state index contributed by atoms with van der Waals surface area (Å²) in [5.74, 6) is -2.35. The number of ether oxygens (including phenoxy) is 1. The van der Waals surface area contributed by atoms with Gasteiger partial charge in [-0.3, -0.25) is 19.3 Å². The van der Waals surface area contributed by atoms with Crippen LogP contribution in [-0.4, -0.2) is 57.7 Å². The number of hydrogen-bond acceptors (Lipinski definition) is 7. The number of anilines is 1. The average Bonchev–Trinajstić information content (AvgIpc) is 2.96. The molecule has 30 heavy (non-hydrogen) atoms. The zero-order chi connectivity index (χ0) is 22.1. The van der Waals surface area contributed by atoms with Crippen LogP contribution in [0.2, 0.25) is 0 Å². The van der Waals surface area contributed by atoms with Crippen LogP contribution < -0.4 is 10.0 Å². The first kappa shape index (κ1) is 21.1. The van der Waals surface area contributed by atoms with Gasteiger partial charge in [-0.05, 0) is 49.5 Å². The lowest BCUT2D eigenvalue weighted by Crippen LogP contribution is -2.24. The van der Waals surface area contributed by atoms with E-state index in [1.165, 1.54) is 56.6 Å². The fraction of sp³-hybridized carbons (Fsp3) is 0.158. The summed E-state index contributed by atoms with van der Waals surface area (Å²) in [4.78, 5) is 48.9. The van der Waals surface area contributed by atoms with E-state index in [4.69, 9.17) is 4.74 Å². The molecule has 0 aliphatic carbocycles. The Morgan fingerprint density at radius 2 is 1.63 bits per heavy atom. The molecule has 1 heterocycles. The number of amides is 3. The molecule has 2 aromatic rings. The zero-order valence-electron chi connectivity index (χ0n) is 16.0. The van der Waals surface area contributed by atoms with E-state index in [1.807, 2.05) is 0 Å². The van der Waals surface area contributed by atoms with Crippen LogP contribution in [0.4, 0.5) is 5.69 Å². The third-order valence-corrected chi connectivity index (χ3v) is 5.81. The normalized spacial score (nSPS) is 13.2. The van der Waals surface area contributed by atoms with Crippen LogP contribution in [0.3, 0.4) is 0 Å². The quantitative estimate of drug-likeness (QED) is 0.505. The Morgan fingerprint density at radius 1 is 1.00 bits per heavy atom. The number of carbonyl (C=O) groups is 4. The number of sulfonamides is 1. The molecular formula is C19H17N3O7S. The summed E-state index contributed by atoms with van der Waals surface area (Å²) in [7, 11) is -0.999. The second kappa shape index (κ2) is 8.05. The van der Waals surface area contributed by atoms with Gasteiger partial charge in [0.15, 0.2) is 6.61 Å². The Labute approximate surface area is 171 Å². The smallest absolute Gasteiger partial charge is 0.338 e. The lowest BCUT2D eigenvalue weighted by Gasteiger charge is -2.08. The number of nitrogens with zero attached hydrogens (tertiary/aromatic N) is 1. The van der Waals surface area contributed by atoms with Crippen LogP contribution in [0.15, 0.2) is 47.4 Å². The van der Waals surface area contributed by atoms with Gasteiger partial charge in [0, 0.05) is 12.7 Å². The van der Waals surface area contributed by atoms with Crippen molar-refractivity contribution in [3.05, 3.63) is 59.2 Å². The maximum Gasteiger partial charge on any atom is 0.338 e. The summed E-state index contributed by atoms with van der Waals surface area (Å²) >= 11 is 0. The SMILES string of the molecule is CNS(=O)(=O)c1ccc(C(=O)OCC(=O)Nc2ccc3c(c2)C(=O)N(C)C3=O)cc1. The molecule has 2 aromatic carbocycles. The summed E-state index contributed by atoms with van der Waals surface area (Å²) in [6.07, 6.45) is 0. The van der Waals surface area contributed by atoms with Crippen molar-refractivity contribution in [3.8, 4) is 0 Å². The summed E-state index contributed by atoms with van der Waals surface area (Å²) < 4.78 is 30.4. The molecule has 1 aliphatic heterocycles. The first-order valence-corrected chi connectivity index (χ1v) is 10.1. The number of benzene rings is 2. The highest BCUT2D eigenvalue weighted by Gasteiger charge is 2.32. The molecule has 0 radical (unpaired) electrons. The van der Waals surface area contributed by atoms with E-state index < -0.39 is 40.3 Å². The number of carbonyl (C=O) groups excluding carboxylic acids is 4. The molecule has 3 rings (SSSR count). The molecular weight excluding hydrogens is 414 g/mol. The second-order valence-electron chi connectivity index (χ2n) is 6.29. The van der Waals surface area contributed by atoms with E-state index >= 15 is 0 Å². The predicted molar refractivity (Wildman–Crippen MR) is 104 cm³/mol. The minimum Gasteiger partial charge on any atom is -0.452 e. The molecule has 0 unspecified atom stereocenters. The highest BCUT2D eigenvalue weighted by atomic mass is 32.2. The Balaban J connectivity index is 1.60. The van der Waals surface area contributed by atoms with Crippen molar-refractivity contribution in [2.45, 2.75) is 4.90 Å². The largest absolute Gasteiger partial charge is 0.452 e. The first-order chi connectivity index (χ1) is 14.1. The van der Waals surface area contributed by atoms with Gasteiger partial charge in [-0.15, -0.1) is 0 Å². The lowest BCUT2D eigenvalue weighted by molar-refractivity contribution is -0.119. The van der Waals surface area contributed by atoms with Crippen molar-refractivity contribution < 1.29 is 32.3 Å². The number of rotatable bonds is 6. The minimum absolute atomic E-state index is 0.0189. The van der Waals surface area contributed by atoms with Crippen molar-refractivity contribution >= 4 is 39.4 Å². The molecule has 0 fully saturated rings. The van der Waals surface area contributed by atoms with Crippen LogP contribution in [-0.2, 0) is 19.6 Å². The topological polar surface area (TPSA) is 139 Å². The van der Waals surface area contributed by atoms with Crippen LogP contribution >= 0.6 is 0 Å². The average molecular weight is 431 g/mol. The maximum atomic E-state index is 12.0. The lowest BCUT2D eigenvalue weighted by atomic mass is 10.1. The van der Waals surface area contributed by atoms with Crippen LogP contribution in [0, 0.1) is 0 Å². The summed E-state index contributed by atoms with van der Waals surface area (Å²) in [5.41, 5.74) is 0.764. The molecule has 0 saturated carbocycles. The predicted octanol–water partition coefficient (Wildman–Crippen LogP) is 0.616. The second-order valence-corrected chi connectivity index (χ2v) is 8.17. The van der Waals surface area contributed by atoms with Crippen molar-refractivity contribution in [2.24, 2.45) is 0 Å². The van der Waals surface area contributed by atoms with E-state index in [0.29, 0.717) is 0 Å². The molecule has 2 N–H and O–H groups in total. The van der Waals surface area contributed by atoms with Gasteiger partial charge in [-0.25, -0.2) is 17.9 Å². The summed E-state index contributed by atoms with van der Waals surface area (Å²) in [6, 6.07) is 9.28. The molecule has 0 bridgehead atoms. The van der Waals surface area contributed by atoms with Gasteiger partial charge in [0.25, 0.3) is 17.7 Å². The molecule has 0 atom stereocenters. The highest BCUT2D eigenvalue weighted by Crippen LogP contribution is 2.24. The van der Waals surface area contributed by atoms with Gasteiger partial charge in [-0.1, -0.05) is 0 Å². The van der Waals surface area contributed by atoms with Gasteiger partial charge < -0.3 is 10.1 Å². The Bertz CT molecular complexity index is 1160. The maximum absolute atomic E-state index is 12.0. The van der Waals surface area contributed by atoms with Crippen molar-refractivity contribution in [2.75, 3.05) is 26.0 Å². The summed E-state index contributed by atoms with van der Waals surface area (Å²) in [5, 5.41) is 2.48. The van der Waals surface area contributed by atoms with Crippen molar-refractivity contribution in [1.29, 1.82) is 0 Å². The molecule has 11 heteroatoms. The fourth-order valence-electron chi connectivity index (χ4n) is 2.74. The van der Waals surface area contributed by atoms with Crippen LogP contribution in [0.25, 0.3) is 0 Å². The number of hydrogen-bond donors (Lipinski definition) is 2. The number of imide groups is 1. The van der Waals surface area contributed by atoms with Crippen LogP contribution in [0.5, 0.6) is 0 Å². The molecule has 0 spiro atoms. The third-order valence-electron chi connectivity index (χ3n) is 4.38. The van der Waals surface area contributed by atoms with Gasteiger partial charge in [-0.2, -0.15) is 0 Å². The Hall–Kier alpha value is -3.57. The Morgan fingerprint density at radius 3 is 2.27 bits per heavy atom. The van der Waals surface area contributed by atoms with E-state index in [0.717, 1.165) is 4.90 Å². The van der Waals surface area contributed by atoms with Crippen LogP contribution in [0.1, 0.15) is 31.1 Å². The monoisotopic (exact) mass is 431 g/mol. The highest BCUT2D eigenvalue weighted by molar-refractivity contribution is 7.89. The van der Waals surface area contributed by atoms with E-state index in [-0.39, 0.29) is 27.3 Å². The molecule has 0 saturated heterocycles. The molecule has 0 aromatic heterocycles. The molecule has 10 nitrogen and oxygen atoms in total. The number of esters is 1. The van der Waals surface area contributed by atoms with Crippen molar-refractivity contribution in [1.82, 2.24) is 9.62 Å². The van der Waals surface area contributed by atoms with Gasteiger partial charge in [0.1, 0.15) is 0 Å².